The second kappa shape index (κ2) is 10.2. The minimum absolute atomic E-state index is 0.164. The molecule has 5 rings (SSSR count). The average molecular weight is 542 g/mol. The Balaban J connectivity index is 1.52. The third-order valence-electron chi connectivity index (χ3n) is 6.38. The number of H-pyrrole nitrogens is 1. The number of amides is 1. The fraction of sp³-hybridized carbons (Fsp3) is 0.143. The highest BCUT2D eigenvalue weighted by atomic mass is 19.2. The zero-order valence-electron chi connectivity index (χ0n) is 20.0. The standard InChI is InChI=1S/C28H19F5N2O4/c29-20-21(30)23(32)25(24(33)22(20)31)39-26(36)28(35-27(37)38-14-15-6-2-1-3-7-15)11-5-9-16-8-4-10-18-19(16)17(12-28)13-34-18/h1-10,13,34H,11-12,14H2,(H,35,37)/b9-5-. The number of alkyl carbamates (subject to hydrolysis) is 1. The number of rotatable bonds is 5. The van der Waals surface area contributed by atoms with Crippen LogP contribution in [0.2, 0.25) is 0 Å². The Hall–Kier alpha value is -4.67. The fourth-order valence-electron chi connectivity index (χ4n) is 4.47. The van der Waals surface area contributed by atoms with Gasteiger partial charge >= 0.3 is 12.1 Å². The van der Waals surface area contributed by atoms with Crippen LogP contribution in [0.25, 0.3) is 17.0 Å². The zero-order valence-corrected chi connectivity index (χ0v) is 20.0. The minimum Gasteiger partial charge on any atom is -0.445 e. The first-order valence-electron chi connectivity index (χ1n) is 11.7. The lowest BCUT2D eigenvalue weighted by Gasteiger charge is -2.32. The van der Waals surface area contributed by atoms with E-state index < -0.39 is 52.4 Å². The van der Waals surface area contributed by atoms with Crippen molar-refractivity contribution in [2.75, 3.05) is 0 Å². The number of aromatic amines is 1. The van der Waals surface area contributed by atoms with Gasteiger partial charge in [-0.15, -0.1) is 0 Å². The van der Waals surface area contributed by atoms with E-state index in [1.54, 1.807) is 48.7 Å². The molecule has 1 atom stereocenters. The topological polar surface area (TPSA) is 80.4 Å². The van der Waals surface area contributed by atoms with E-state index in [2.05, 4.69) is 10.3 Å². The maximum Gasteiger partial charge on any atom is 0.408 e. The predicted octanol–water partition coefficient (Wildman–Crippen LogP) is 6.09. The van der Waals surface area contributed by atoms with Crippen molar-refractivity contribution < 1.29 is 41.0 Å². The van der Waals surface area contributed by atoms with Gasteiger partial charge < -0.3 is 19.8 Å². The second-order valence-electron chi connectivity index (χ2n) is 8.92. The highest BCUT2D eigenvalue weighted by Gasteiger charge is 2.44. The summed E-state index contributed by atoms with van der Waals surface area (Å²) in [5.41, 5.74) is 0.639. The first-order chi connectivity index (χ1) is 18.7. The molecule has 1 amide bonds. The maximum atomic E-state index is 14.4. The summed E-state index contributed by atoms with van der Waals surface area (Å²) < 4.78 is 79.9. The van der Waals surface area contributed by atoms with Crippen molar-refractivity contribution in [3.63, 3.8) is 0 Å². The zero-order chi connectivity index (χ0) is 27.7. The minimum atomic E-state index is -2.40. The Morgan fingerprint density at radius 2 is 1.59 bits per heavy atom. The Labute approximate surface area is 218 Å². The smallest absolute Gasteiger partial charge is 0.408 e. The van der Waals surface area contributed by atoms with Gasteiger partial charge in [0.1, 0.15) is 12.1 Å². The number of halogens is 5. The number of hydrogen-bond donors (Lipinski definition) is 2. The van der Waals surface area contributed by atoms with E-state index in [1.165, 1.54) is 6.08 Å². The third-order valence-corrected chi connectivity index (χ3v) is 6.38. The summed E-state index contributed by atoms with van der Waals surface area (Å²) in [6.45, 7) is -0.164. The van der Waals surface area contributed by atoms with E-state index in [9.17, 15) is 31.5 Å². The van der Waals surface area contributed by atoms with Gasteiger partial charge in [-0.2, -0.15) is 8.78 Å². The Morgan fingerprint density at radius 3 is 2.31 bits per heavy atom. The Bertz CT molecular complexity index is 1590. The number of ether oxygens (including phenoxy) is 2. The Morgan fingerprint density at radius 1 is 0.897 bits per heavy atom. The molecule has 0 bridgehead atoms. The van der Waals surface area contributed by atoms with Gasteiger partial charge in [-0.3, -0.25) is 0 Å². The monoisotopic (exact) mass is 542 g/mol. The van der Waals surface area contributed by atoms with Gasteiger partial charge in [-0.25, -0.2) is 22.8 Å². The van der Waals surface area contributed by atoms with Gasteiger partial charge in [-0.05, 0) is 22.8 Å². The van der Waals surface area contributed by atoms with Crippen LogP contribution in [0.1, 0.15) is 23.1 Å². The molecule has 1 aliphatic rings. The lowest BCUT2D eigenvalue weighted by Crippen LogP contribution is -2.58. The van der Waals surface area contributed by atoms with Gasteiger partial charge in [0.25, 0.3) is 0 Å². The van der Waals surface area contributed by atoms with Crippen LogP contribution in [-0.4, -0.2) is 22.6 Å². The van der Waals surface area contributed by atoms with Crippen molar-refractivity contribution in [2.45, 2.75) is 25.0 Å². The predicted molar refractivity (Wildman–Crippen MR) is 130 cm³/mol. The number of benzene rings is 3. The molecule has 1 aromatic heterocycles. The van der Waals surface area contributed by atoms with Crippen molar-refractivity contribution >= 4 is 29.0 Å². The van der Waals surface area contributed by atoms with Crippen molar-refractivity contribution in [3.8, 4) is 5.75 Å². The van der Waals surface area contributed by atoms with Crippen LogP contribution >= 0.6 is 0 Å². The molecule has 0 aliphatic heterocycles. The molecule has 3 aromatic carbocycles. The molecule has 1 aliphatic carbocycles. The second-order valence-corrected chi connectivity index (χ2v) is 8.92. The van der Waals surface area contributed by atoms with Crippen LogP contribution in [0, 0.1) is 29.1 Å². The van der Waals surface area contributed by atoms with Crippen molar-refractivity contribution in [1.29, 1.82) is 0 Å². The summed E-state index contributed by atoms with van der Waals surface area (Å²) >= 11 is 0. The van der Waals surface area contributed by atoms with E-state index in [-0.39, 0.29) is 19.4 Å². The van der Waals surface area contributed by atoms with E-state index >= 15 is 0 Å². The summed E-state index contributed by atoms with van der Waals surface area (Å²) in [5, 5.41) is 3.14. The molecule has 4 aromatic rings. The van der Waals surface area contributed by atoms with E-state index in [0.29, 0.717) is 22.0 Å². The van der Waals surface area contributed by atoms with Crippen LogP contribution in [0.15, 0.2) is 60.8 Å². The lowest BCUT2D eigenvalue weighted by atomic mass is 9.84. The molecule has 11 heteroatoms. The summed E-state index contributed by atoms with van der Waals surface area (Å²) in [6, 6.07) is 14.1. The molecule has 6 nitrogen and oxygen atoms in total. The van der Waals surface area contributed by atoms with Gasteiger partial charge in [-0.1, -0.05) is 54.6 Å². The highest BCUT2D eigenvalue weighted by Crippen LogP contribution is 2.34. The van der Waals surface area contributed by atoms with Gasteiger partial charge in [0.2, 0.25) is 34.8 Å². The third kappa shape index (κ3) is 4.83. The molecule has 0 spiro atoms. The molecule has 0 radical (unpaired) electrons. The van der Waals surface area contributed by atoms with Crippen molar-refractivity contribution in [3.05, 3.63) is 107 Å². The van der Waals surface area contributed by atoms with Gasteiger partial charge in [0, 0.05) is 29.9 Å². The molecular formula is C28H19F5N2O4. The van der Waals surface area contributed by atoms with E-state index in [4.69, 9.17) is 9.47 Å². The van der Waals surface area contributed by atoms with Gasteiger partial charge in [0.05, 0.1) is 0 Å². The first-order valence-corrected chi connectivity index (χ1v) is 11.7. The van der Waals surface area contributed by atoms with E-state index in [0.717, 1.165) is 5.56 Å². The van der Waals surface area contributed by atoms with Crippen LogP contribution < -0.4 is 10.1 Å². The molecule has 2 N–H and O–H groups in total. The number of esters is 1. The number of carbonyl (C=O) groups excluding carboxylic acids is 2. The molecule has 1 unspecified atom stereocenters. The average Bonchev–Trinajstić information content (AvgIpc) is 3.34. The number of aromatic nitrogens is 1. The molecule has 0 saturated carbocycles. The van der Waals surface area contributed by atoms with Gasteiger partial charge in [0.15, 0.2) is 0 Å². The molecule has 0 saturated heterocycles. The maximum absolute atomic E-state index is 14.4. The summed E-state index contributed by atoms with van der Waals surface area (Å²) in [5.74, 6) is -14.8. The van der Waals surface area contributed by atoms with Crippen molar-refractivity contribution in [2.24, 2.45) is 0 Å². The van der Waals surface area contributed by atoms with Crippen molar-refractivity contribution in [1.82, 2.24) is 10.3 Å². The highest BCUT2D eigenvalue weighted by molar-refractivity contribution is 5.95. The molecule has 200 valence electrons. The SMILES string of the molecule is O=C(NC1(C(=O)Oc2c(F)c(F)c(F)c(F)c2F)C/C=C\c2cccc3[nH]cc(c23)C1)OCc1ccccc1. The first kappa shape index (κ1) is 26.0. The molecule has 1 heterocycles. The number of nitrogens with one attached hydrogen (secondary N) is 2. The summed E-state index contributed by atoms with van der Waals surface area (Å²) in [4.78, 5) is 29.4. The lowest BCUT2D eigenvalue weighted by molar-refractivity contribution is -0.142. The summed E-state index contributed by atoms with van der Waals surface area (Å²) in [7, 11) is 0. The fourth-order valence-corrected chi connectivity index (χ4v) is 4.47. The van der Waals surface area contributed by atoms with Crippen LogP contribution in [0.4, 0.5) is 26.7 Å². The Kier molecular flexibility index (Phi) is 6.81. The number of carbonyl (C=O) groups is 2. The van der Waals surface area contributed by atoms with Crippen LogP contribution in [0.3, 0.4) is 0 Å². The van der Waals surface area contributed by atoms with E-state index in [1.807, 2.05) is 12.1 Å². The molecular weight excluding hydrogens is 523 g/mol. The summed E-state index contributed by atoms with van der Waals surface area (Å²) in [6.07, 6.45) is 3.21. The van der Waals surface area contributed by atoms with Crippen LogP contribution in [-0.2, 0) is 22.6 Å². The quantitative estimate of drug-likeness (QED) is 0.105. The molecule has 39 heavy (non-hydrogen) atoms. The number of hydrogen-bond acceptors (Lipinski definition) is 4. The largest absolute Gasteiger partial charge is 0.445 e. The van der Waals surface area contributed by atoms with Crippen LogP contribution in [0.5, 0.6) is 5.75 Å². The normalized spacial score (nSPS) is 17.3. The molecule has 0 fully saturated rings.